The van der Waals surface area contributed by atoms with E-state index in [9.17, 15) is 0 Å². The quantitative estimate of drug-likeness (QED) is 0.694. The largest absolute Gasteiger partial charge is 0.328 e. The molecule has 0 aliphatic rings. The van der Waals surface area contributed by atoms with Crippen molar-refractivity contribution in [1.29, 1.82) is 0 Å². The molecule has 3 nitrogen and oxygen atoms in total. The van der Waals surface area contributed by atoms with Crippen LogP contribution < -0.4 is 5.73 Å². The van der Waals surface area contributed by atoms with Gasteiger partial charge in [0.2, 0.25) is 0 Å². The van der Waals surface area contributed by atoms with E-state index in [1.807, 2.05) is 0 Å². The van der Waals surface area contributed by atoms with E-state index in [0.29, 0.717) is 6.54 Å². The van der Waals surface area contributed by atoms with E-state index in [1.54, 1.807) is 0 Å². The molecular formula is C18H29N3. The van der Waals surface area contributed by atoms with Gasteiger partial charge in [-0.05, 0) is 31.0 Å². The third-order valence-electron chi connectivity index (χ3n) is 4.20. The van der Waals surface area contributed by atoms with Crippen LogP contribution in [-0.4, -0.2) is 9.55 Å². The Balaban J connectivity index is 2.01. The zero-order valence-corrected chi connectivity index (χ0v) is 13.6. The summed E-state index contributed by atoms with van der Waals surface area (Å²) in [5.41, 5.74) is 9.23. The summed E-state index contributed by atoms with van der Waals surface area (Å²) >= 11 is 0. The summed E-state index contributed by atoms with van der Waals surface area (Å²) in [5, 5.41) is 0. The van der Waals surface area contributed by atoms with E-state index in [-0.39, 0.29) is 0 Å². The summed E-state index contributed by atoms with van der Waals surface area (Å²) in [6.07, 6.45) is 9.08. The first kappa shape index (κ1) is 16.0. The lowest BCUT2D eigenvalue weighted by molar-refractivity contribution is 0.590. The standard InChI is InChI=1S/C18H29N3/c1-3-5-6-7-8-9-10-18-20-16-13-15(14-19)11-12-17(16)21(18)4-2/h11-13H,3-10,14,19H2,1-2H3. The maximum absolute atomic E-state index is 5.72. The lowest BCUT2D eigenvalue weighted by Crippen LogP contribution is -2.02. The molecule has 3 heteroatoms. The van der Waals surface area contributed by atoms with Crippen LogP contribution in [0.1, 0.15) is 63.8 Å². The van der Waals surface area contributed by atoms with Gasteiger partial charge in [0, 0.05) is 19.5 Å². The molecule has 2 rings (SSSR count). The van der Waals surface area contributed by atoms with E-state index < -0.39 is 0 Å². The van der Waals surface area contributed by atoms with Crippen molar-refractivity contribution in [3.8, 4) is 0 Å². The number of hydrogen-bond donors (Lipinski definition) is 1. The maximum Gasteiger partial charge on any atom is 0.109 e. The Labute approximate surface area is 128 Å². The number of nitrogens with two attached hydrogens (primary N) is 1. The molecule has 0 unspecified atom stereocenters. The molecule has 1 heterocycles. The highest BCUT2D eigenvalue weighted by Gasteiger charge is 2.09. The van der Waals surface area contributed by atoms with Crippen molar-refractivity contribution in [2.24, 2.45) is 5.73 Å². The number of rotatable bonds is 9. The van der Waals surface area contributed by atoms with Crippen LogP contribution in [0.25, 0.3) is 11.0 Å². The first-order valence-electron chi connectivity index (χ1n) is 8.48. The Kier molecular flexibility index (Phi) is 6.24. The van der Waals surface area contributed by atoms with Crippen molar-refractivity contribution < 1.29 is 0 Å². The smallest absolute Gasteiger partial charge is 0.109 e. The second-order valence-corrected chi connectivity index (χ2v) is 5.82. The minimum atomic E-state index is 0.585. The van der Waals surface area contributed by atoms with Gasteiger partial charge in [0.05, 0.1) is 11.0 Å². The van der Waals surface area contributed by atoms with Crippen LogP contribution in [0.2, 0.25) is 0 Å². The van der Waals surface area contributed by atoms with Crippen molar-refractivity contribution in [2.75, 3.05) is 0 Å². The van der Waals surface area contributed by atoms with Gasteiger partial charge < -0.3 is 10.3 Å². The van der Waals surface area contributed by atoms with Crippen LogP contribution in [0.4, 0.5) is 0 Å². The van der Waals surface area contributed by atoms with Crippen LogP contribution in [0.5, 0.6) is 0 Å². The lowest BCUT2D eigenvalue weighted by atomic mass is 10.1. The zero-order chi connectivity index (χ0) is 15.1. The van der Waals surface area contributed by atoms with Gasteiger partial charge in [-0.15, -0.1) is 0 Å². The molecule has 0 saturated carbocycles. The molecule has 0 saturated heterocycles. The Hall–Kier alpha value is -1.35. The van der Waals surface area contributed by atoms with Gasteiger partial charge in [-0.1, -0.05) is 45.1 Å². The van der Waals surface area contributed by atoms with E-state index >= 15 is 0 Å². The van der Waals surface area contributed by atoms with Gasteiger partial charge in [0.25, 0.3) is 0 Å². The van der Waals surface area contributed by atoms with Crippen molar-refractivity contribution in [3.63, 3.8) is 0 Å². The van der Waals surface area contributed by atoms with Crippen LogP contribution in [-0.2, 0) is 19.5 Å². The number of fused-ring (bicyclic) bond motifs is 1. The molecule has 0 bridgehead atoms. The van der Waals surface area contributed by atoms with Gasteiger partial charge in [-0.2, -0.15) is 0 Å². The lowest BCUT2D eigenvalue weighted by Gasteiger charge is -2.06. The number of nitrogens with zero attached hydrogens (tertiary/aromatic N) is 2. The Morgan fingerprint density at radius 3 is 2.52 bits per heavy atom. The molecule has 21 heavy (non-hydrogen) atoms. The monoisotopic (exact) mass is 287 g/mol. The van der Waals surface area contributed by atoms with E-state index in [1.165, 1.54) is 49.9 Å². The second kappa shape index (κ2) is 8.18. The molecule has 0 spiro atoms. The SMILES string of the molecule is CCCCCCCCc1nc2cc(CN)ccc2n1CC. The number of aryl methyl sites for hydroxylation is 2. The Bertz CT molecular complexity index is 557. The number of hydrogen-bond acceptors (Lipinski definition) is 2. The van der Waals surface area contributed by atoms with E-state index in [2.05, 4.69) is 36.6 Å². The number of imidazole rings is 1. The zero-order valence-electron chi connectivity index (χ0n) is 13.6. The maximum atomic E-state index is 5.72. The van der Waals surface area contributed by atoms with Gasteiger partial charge >= 0.3 is 0 Å². The van der Waals surface area contributed by atoms with Gasteiger partial charge in [0.15, 0.2) is 0 Å². The summed E-state index contributed by atoms with van der Waals surface area (Å²) in [7, 11) is 0. The molecule has 2 N–H and O–H groups in total. The molecule has 0 amide bonds. The molecule has 0 aliphatic carbocycles. The Morgan fingerprint density at radius 1 is 1.05 bits per heavy atom. The summed E-state index contributed by atoms with van der Waals surface area (Å²) in [6, 6.07) is 6.41. The second-order valence-electron chi connectivity index (χ2n) is 5.82. The number of unbranched alkanes of at least 4 members (excludes halogenated alkanes) is 5. The van der Waals surface area contributed by atoms with E-state index in [4.69, 9.17) is 10.7 Å². The third kappa shape index (κ3) is 4.07. The highest BCUT2D eigenvalue weighted by Crippen LogP contribution is 2.19. The predicted molar refractivity (Wildman–Crippen MR) is 90.4 cm³/mol. The normalized spacial score (nSPS) is 11.4. The molecular weight excluding hydrogens is 258 g/mol. The fourth-order valence-corrected chi connectivity index (χ4v) is 2.96. The van der Waals surface area contributed by atoms with Crippen molar-refractivity contribution in [2.45, 2.75) is 71.9 Å². The summed E-state index contributed by atoms with van der Waals surface area (Å²) < 4.78 is 2.35. The average molecular weight is 287 g/mol. The van der Waals surface area contributed by atoms with Crippen molar-refractivity contribution in [1.82, 2.24) is 9.55 Å². The van der Waals surface area contributed by atoms with Crippen LogP contribution >= 0.6 is 0 Å². The summed E-state index contributed by atoms with van der Waals surface area (Å²) in [4.78, 5) is 4.83. The molecule has 2 aromatic rings. The topological polar surface area (TPSA) is 43.8 Å². The number of benzene rings is 1. The molecule has 116 valence electrons. The summed E-state index contributed by atoms with van der Waals surface area (Å²) in [5.74, 6) is 1.23. The molecule has 0 atom stereocenters. The third-order valence-corrected chi connectivity index (χ3v) is 4.20. The molecule has 0 radical (unpaired) electrons. The van der Waals surface area contributed by atoms with Crippen LogP contribution in [0, 0.1) is 0 Å². The predicted octanol–water partition coefficient (Wildman–Crippen LogP) is 4.42. The van der Waals surface area contributed by atoms with Crippen LogP contribution in [0.15, 0.2) is 18.2 Å². The number of aromatic nitrogens is 2. The first-order chi connectivity index (χ1) is 10.3. The first-order valence-corrected chi connectivity index (χ1v) is 8.48. The molecule has 1 aromatic heterocycles. The van der Waals surface area contributed by atoms with Gasteiger partial charge in [-0.25, -0.2) is 4.98 Å². The molecule has 0 fully saturated rings. The summed E-state index contributed by atoms with van der Waals surface area (Å²) in [6.45, 7) is 6.03. The van der Waals surface area contributed by atoms with Crippen molar-refractivity contribution >= 4 is 11.0 Å². The highest BCUT2D eigenvalue weighted by atomic mass is 15.1. The Morgan fingerprint density at radius 2 is 1.81 bits per heavy atom. The average Bonchev–Trinajstić information content (AvgIpc) is 2.87. The molecule has 0 aliphatic heterocycles. The van der Waals surface area contributed by atoms with Crippen molar-refractivity contribution in [3.05, 3.63) is 29.6 Å². The van der Waals surface area contributed by atoms with Gasteiger partial charge in [0.1, 0.15) is 5.82 Å². The van der Waals surface area contributed by atoms with Gasteiger partial charge in [-0.3, -0.25) is 0 Å². The minimum absolute atomic E-state index is 0.585. The fourth-order valence-electron chi connectivity index (χ4n) is 2.96. The fraction of sp³-hybridized carbons (Fsp3) is 0.611. The molecule has 1 aromatic carbocycles. The highest BCUT2D eigenvalue weighted by molar-refractivity contribution is 5.77. The van der Waals surface area contributed by atoms with Crippen LogP contribution in [0.3, 0.4) is 0 Å². The minimum Gasteiger partial charge on any atom is -0.328 e. The van der Waals surface area contributed by atoms with E-state index in [0.717, 1.165) is 24.0 Å².